The van der Waals surface area contributed by atoms with Crippen molar-refractivity contribution >= 4 is 104 Å². The fraction of sp³-hybridized carbons (Fsp3) is 0.0417. The Balaban J connectivity index is 1.37. The molecule has 35 heavy (non-hydrogen) atoms. The maximum Gasteiger partial charge on any atom is 0.270 e. The predicted molar refractivity (Wildman–Crippen MR) is 149 cm³/mol. The Hall–Kier alpha value is -2.26. The Morgan fingerprint density at radius 2 is 1.60 bits per heavy atom. The summed E-state index contributed by atoms with van der Waals surface area (Å²) in [4.78, 5) is 27.0. The van der Waals surface area contributed by atoms with Gasteiger partial charge in [0.1, 0.15) is 5.75 Å². The van der Waals surface area contributed by atoms with Crippen molar-refractivity contribution in [3.63, 3.8) is 0 Å². The van der Waals surface area contributed by atoms with E-state index in [9.17, 15) is 9.59 Å². The molecule has 1 fully saturated rings. The summed E-state index contributed by atoms with van der Waals surface area (Å²) < 4.78 is 5.93. The van der Waals surface area contributed by atoms with Crippen LogP contribution in [-0.2, 0) is 9.59 Å². The van der Waals surface area contributed by atoms with E-state index < -0.39 is 0 Å². The molecule has 11 heteroatoms. The van der Waals surface area contributed by atoms with Crippen LogP contribution in [0.4, 0.5) is 11.4 Å². The van der Waals surface area contributed by atoms with Gasteiger partial charge in [-0.3, -0.25) is 14.5 Å². The van der Waals surface area contributed by atoms with Crippen molar-refractivity contribution in [1.82, 2.24) is 0 Å². The van der Waals surface area contributed by atoms with Crippen LogP contribution < -0.4 is 15.0 Å². The van der Waals surface area contributed by atoms with Gasteiger partial charge < -0.3 is 10.1 Å². The molecule has 0 aliphatic carbocycles. The number of benzene rings is 3. The number of rotatable bonds is 6. The van der Waals surface area contributed by atoms with E-state index in [4.69, 9.17) is 63.4 Å². The number of amides is 2. The van der Waals surface area contributed by atoms with Gasteiger partial charge in [-0.15, -0.1) is 0 Å². The smallest absolute Gasteiger partial charge is 0.270 e. The van der Waals surface area contributed by atoms with Gasteiger partial charge in [-0.2, -0.15) is 0 Å². The van der Waals surface area contributed by atoms with E-state index in [1.807, 2.05) is 0 Å². The number of nitrogens with one attached hydrogen (secondary N) is 1. The highest BCUT2D eigenvalue weighted by molar-refractivity contribution is 8.27. The molecule has 0 atom stereocenters. The summed E-state index contributed by atoms with van der Waals surface area (Å²) in [6.07, 6.45) is 1.73. The van der Waals surface area contributed by atoms with E-state index in [0.717, 1.165) is 5.56 Å². The molecule has 0 spiro atoms. The highest BCUT2D eigenvalue weighted by Gasteiger charge is 2.33. The lowest BCUT2D eigenvalue weighted by molar-refractivity contribution is -0.118. The molecular formula is C24H14Cl4N2O3S2. The molecule has 0 radical (unpaired) electrons. The van der Waals surface area contributed by atoms with Crippen LogP contribution in [0.2, 0.25) is 20.1 Å². The molecule has 5 nitrogen and oxygen atoms in total. The van der Waals surface area contributed by atoms with Crippen LogP contribution in [0.3, 0.4) is 0 Å². The zero-order valence-corrected chi connectivity index (χ0v) is 22.2. The summed E-state index contributed by atoms with van der Waals surface area (Å²) >= 11 is 30.5. The monoisotopic (exact) mass is 582 g/mol. The molecule has 1 aliphatic rings. The average molecular weight is 584 g/mol. The second kappa shape index (κ2) is 11.2. The lowest BCUT2D eigenvalue weighted by Gasteiger charge is -2.15. The van der Waals surface area contributed by atoms with Crippen molar-refractivity contribution in [2.45, 2.75) is 0 Å². The van der Waals surface area contributed by atoms with Crippen molar-refractivity contribution in [2.75, 3.05) is 16.8 Å². The third-order valence-corrected chi connectivity index (χ3v) is 7.49. The fourth-order valence-corrected chi connectivity index (χ4v) is 4.94. The molecule has 1 heterocycles. The van der Waals surface area contributed by atoms with Gasteiger partial charge >= 0.3 is 0 Å². The first-order valence-corrected chi connectivity index (χ1v) is 12.7. The quantitative estimate of drug-likeness (QED) is 0.238. The first kappa shape index (κ1) is 25.8. The minimum Gasteiger partial charge on any atom is -0.484 e. The van der Waals surface area contributed by atoms with E-state index in [0.29, 0.717) is 46.4 Å². The summed E-state index contributed by atoms with van der Waals surface area (Å²) in [6, 6.07) is 16.7. The van der Waals surface area contributed by atoms with Crippen molar-refractivity contribution in [1.29, 1.82) is 0 Å². The van der Waals surface area contributed by atoms with Gasteiger partial charge in [0.25, 0.3) is 11.8 Å². The van der Waals surface area contributed by atoms with Crippen LogP contribution in [0.15, 0.2) is 65.6 Å². The Labute approximate surface area is 230 Å². The number of thioether (sulfide) groups is 1. The van der Waals surface area contributed by atoms with E-state index in [1.54, 1.807) is 66.7 Å². The number of anilines is 2. The van der Waals surface area contributed by atoms with Crippen molar-refractivity contribution in [3.05, 3.63) is 91.2 Å². The number of ether oxygens (including phenoxy) is 1. The lowest BCUT2D eigenvalue weighted by Crippen LogP contribution is -2.27. The first-order valence-electron chi connectivity index (χ1n) is 9.92. The number of halogens is 4. The normalized spacial score (nSPS) is 14.5. The van der Waals surface area contributed by atoms with E-state index >= 15 is 0 Å². The van der Waals surface area contributed by atoms with Crippen molar-refractivity contribution in [3.8, 4) is 5.75 Å². The standard InChI is InChI=1S/C24H14Cl4N2O3S2/c25-17-7-3-14(10-19(17)27)29-22(31)12-33-16-5-1-13(2-6-16)9-21-23(32)30(24(34)35-21)15-4-8-18(26)20(28)11-15/h1-11H,12H2,(H,29,31)/b21-9-. The second-order valence-electron chi connectivity index (χ2n) is 7.15. The summed E-state index contributed by atoms with van der Waals surface area (Å²) in [5, 5.41) is 4.16. The third kappa shape index (κ3) is 6.30. The maximum absolute atomic E-state index is 12.9. The lowest BCUT2D eigenvalue weighted by atomic mass is 10.2. The largest absolute Gasteiger partial charge is 0.484 e. The minimum atomic E-state index is -0.349. The molecule has 0 unspecified atom stereocenters. The first-order chi connectivity index (χ1) is 16.7. The fourth-order valence-electron chi connectivity index (χ4n) is 3.05. The number of hydrogen-bond acceptors (Lipinski definition) is 5. The van der Waals surface area contributed by atoms with Crippen LogP contribution in [0, 0.1) is 0 Å². The third-order valence-electron chi connectivity index (χ3n) is 4.71. The van der Waals surface area contributed by atoms with E-state index in [1.165, 1.54) is 16.7 Å². The van der Waals surface area contributed by atoms with E-state index in [2.05, 4.69) is 5.32 Å². The van der Waals surface area contributed by atoms with Crippen LogP contribution in [0.5, 0.6) is 5.75 Å². The van der Waals surface area contributed by atoms with Gasteiger partial charge in [-0.25, -0.2) is 0 Å². The van der Waals surface area contributed by atoms with Gasteiger partial charge in [-0.05, 0) is 60.2 Å². The molecule has 1 saturated heterocycles. The summed E-state index contributed by atoms with van der Waals surface area (Å²) in [6.45, 7) is -0.193. The molecular weight excluding hydrogens is 570 g/mol. The maximum atomic E-state index is 12.9. The molecule has 2 amide bonds. The second-order valence-corrected chi connectivity index (χ2v) is 10.5. The number of thiocarbonyl (C=S) groups is 1. The highest BCUT2D eigenvalue weighted by atomic mass is 35.5. The van der Waals surface area contributed by atoms with Gasteiger partial charge in [-0.1, -0.05) is 82.5 Å². The SMILES string of the molecule is O=C(COc1ccc(/C=C2\SC(=S)N(c3ccc(Cl)c(Cl)c3)C2=O)cc1)Nc1ccc(Cl)c(Cl)c1. The molecule has 178 valence electrons. The molecule has 3 aromatic rings. The summed E-state index contributed by atoms with van der Waals surface area (Å²) in [5.74, 6) is -0.106. The van der Waals surface area contributed by atoms with Crippen LogP contribution in [0.25, 0.3) is 6.08 Å². The molecule has 1 aliphatic heterocycles. The van der Waals surface area contributed by atoms with Crippen LogP contribution in [-0.4, -0.2) is 22.7 Å². The zero-order chi connectivity index (χ0) is 25.1. The number of nitrogens with zero attached hydrogens (tertiary/aromatic N) is 1. The number of carbonyl (C=O) groups is 2. The Bertz CT molecular complexity index is 1360. The van der Waals surface area contributed by atoms with Crippen LogP contribution >= 0.6 is 70.4 Å². The molecule has 1 N–H and O–H groups in total. The Morgan fingerprint density at radius 3 is 2.26 bits per heavy atom. The topological polar surface area (TPSA) is 58.6 Å². The molecule has 4 rings (SSSR count). The molecule has 3 aromatic carbocycles. The summed E-state index contributed by atoms with van der Waals surface area (Å²) in [7, 11) is 0. The Kier molecular flexibility index (Phi) is 8.27. The van der Waals surface area contributed by atoms with Gasteiger partial charge in [0.05, 0.1) is 30.7 Å². The van der Waals surface area contributed by atoms with Crippen molar-refractivity contribution < 1.29 is 14.3 Å². The Morgan fingerprint density at radius 1 is 0.943 bits per heavy atom. The minimum absolute atomic E-state index is 0.193. The zero-order valence-electron chi connectivity index (χ0n) is 17.6. The predicted octanol–water partition coefficient (Wildman–Crippen LogP) is 7.72. The van der Waals surface area contributed by atoms with Gasteiger partial charge in [0.15, 0.2) is 10.9 Å². The van der Waals surface area contributed by atoms with Gasteiger partial charge in [0.2, 0.25) is 0 Å². The molecule has 0 bridgehead atoms. The highest BCUT2D eigenvalue weighted by Crippen LogP contribution is 2.38. The molecule has 0 saturated carbocycles. The summed E-state index contributed by atoms with van der Waals surface area (Å²) in [5.41, 5.74) is 1.84. The average Bonchev–Trinajstić information content (AvgIpc) is 3.10. The van der Waals surface area contributed by atoms with Gasteiger partial charge in [0, 0.05) is 5.69 Å². The van der Waals surface area contributed by atoms with Crippen molar-refractivity contribution in [2.24, 2.45) is 0 Å². The number of carbonyl (C=O) groups excluding carboxylic acids is 2. The molecule has 0 aromatic heterocycles. The van der Waals surface area contributed by atoms with Crippen LogP contribution in [0.1, 0.15) is 5.56 Å². The number of hydrogen-bond donors (Lipinski definition) is 1. The van der Waals surface area contributed by atoms with E-state index in [-0.39, 0.29) is 18.4 Å².